The molecule has 0 aliphatic rings. The van der Waals surface area contributed by atoms with Crippen molar-refractivity contribution in [2.45, 2.75) is 68.2 Å². The molecule has 10 nitrogen and oxygen atoms in total. The summed E-state index contributed by atoms with van der Waals surface area (Å²) in [5.74, 6) is 0. The molecule has 4 aromatic carbocycles. The summed E-state index contributed by atoms with van der Waals surface area (Å²) >= 11 is 0. The zero-order chi connectivity index (χ0) is 35.1. The lowest BCUT2D eigenvalue weighted by molar-refractivity contribution is 0.0599. The Labute approximate surface area is 279 Å². The summed E-state index contributed by atoms with van der Waals surface area (Å²) in [6.45, 7) is 9.39. The number of benzene rings is 4. The van der Waals surface area contributed by atoms with Crippen LogP contribution in [0.4, 0.5) is 0 Å². The molecule has 6 N–H and O–H groups in total. The van der Waals surface area contributed by atoms with Gasteiger partial charge in [0.25, 0.3) is 20.2 Å². The maximum atomic E-state index is 10.5. The van der Waals surface area contributed by atoms with E-state index in [4.69, 9.17) is 19.6 Å². The van der Waals surface area contributed by atoms with Crippen molar-refractivity contribution in [3.8, 4) is 0 Å². The molecule has 0 saturated heterocycles. The number of β-amino-alcohol motifs (C(OH)–C–C–N with tert-alkyl or cyclic N) is 1. The number of ether oxygens (including phenoxy) is 1. The normalized spacial score (nSPS) is 12.9. The zero-order valence-electron chi connectivity index (χ0n) is 27.2. The molecule has 0 aromatic heterocycles. The Kier molecular flexibility index (Phi) is 15.9. The predicted molar refractivity (Wildman–Crippen MR) is 184 cm³/mol. The van der Waals surface area contributed by atoms with E-state index in [1.54, 1.807) is 24.3 Å². The number of hydrogen-bond donors (Lipinski definition) is 5. The minimum atomic E-state index is -4.02. The smallest absolute Gasteiger partial charge is 0.294 e. The van der Waals surface area contributed by atoms with Gasteiger partial charge in [-0.2, -0.15) is 16.8 Å². The first-order chi connectivity index (χ1) is 22.0. The van der Waals surface area contributed by atoms with Gasteiger partial charge >= 0.3 is 0 Å². The molecular weight excluding hydrogens is 641 g/mol. The van der Waals surface area contributed by atoms with Gasteiger partial charge in [0, 0.05) is 18.1 Å². The lowest BCUT2D eigenvalue weighted by atomic mass is 10.0. The number of aliphatic hydroxyl groups excluding tert-OH is 1. The lowest BCUT2D eigenvalue weighted by Gasteiger charge is -2.29. The van der Waals surface area contributed by atoms with E-state index in [1.165, 1.54) is 24.3 Å². The minimum absolute atomic E-state index is 0.0666. The molecule has 0 aliphatic heterocycles. The average Bonchev–Trinajstić information content (AvgIpc) is 3.01. The monoisotopic (exact) mass is 686 g/mol. The third-order valence-electron chi connectivity index (χ3n) is 6.81. The van der Waals surface area contributed by atoms with Crippen LogP contribution >= 0.6 is 0 Å². The van der Waals surface area contributed by atoms with E-state index in [-0.39, 0.29) is 21.4 Å². The Morgan fingerprint density at radius 1 is 0.702 bits per heavy atom. The van der Waals surface area contributed by atoms with Gasteiger partial charge in [0.15, 0.2) is 0 Å². The molecule has 47 heavy (non-hydrogen) atoms. The van der Waals surface area contributed by atoms with Crippen molar-refractivity contribution in [3.63, 3.8) is 0 Å². The van der Waals surface area contributed by atoms with Crippen LogP contribution in [0.5, 0.6) is 0 Å². The standard InChI is InChI=1S/C21H30N2O2.2C7H8O3S/c1-21(2,16-25-15-18-11-7-4-8-12-18)23-14-20(24)19(22)13-17-9-5-3-6-10-17;2*1-6-2-4-7(5-3-6)11(8,9)10/h3-12,19-20,23-24H,13-16,22H2,1-2H3;2*2-5H,1H3,(H,8,9,10)/t19-,20+;;/m0../s1. The van der Waals surface area contributed by atoms with E-state index in [0.717, 1.165) is 22.3 Å². The Balaban J connectivity index is 0.000000287. The maximum absolute atomic E-state index is 10.5. The molecule has 0 radical (unpaired) electrons. The second-order valence-corrected chi connectivity index (χ2v) is 14.6. The largest absolute Gasteiger partial charge is 0.390 e. The number of aliphatic hydroxyl groups is 1. The van der Waals surface area contributed by atoms with Crippen LogP contribution in [-0.2, 0) is 38.0 Å². The molecule has 0 unspecified atom stereocenters. The molecule has 0 heterocycles. The van der Waals surface area contributed by atoms with Crippen LogP contribution in [-0.4, -0.2) is 61.9 Å². The van der Waals surface area contributed by atoms with E-state index in [9.17, 15) is 21.9 Å². The molecule has 0 saturated carbocycles. The van der Waals surface area contributed by atoms with Gasteiger partial charge in [0.05, 0.1) is 29.1 Å². The van der Waals surface area contributed by atoms with Crippen molar-refractivity contribution in [2.75, 3.05) is 13.2 Å². The lowest BCUT2D eigenvalue weighted by Crippen LogP contribution is -2.51. The summed E-state index contributed by atoms with van der Waals surface area (Å²) in [5.41, 5.74) is 10.1. The van der Waals surface area contributed by atoms with Crippen molar-refractivity contribution in [2.24, 2.45) is 5.73 Å². The molecule has 256 valence electrons. The van der Waals surface area contributed by atoms with Crippen molar-refractivity contribution in [1.29, 1.82) is 0 Å². The summed E-state index contributed by atoms with van der Waals surface area (Å²) in [4.78, 5) is -0.133. The maximum Gasteiger partial charge on any atom is 0.294 e. The fourth-order valence-corrected chi connectivity index (χ4v) is 4.98. The molecule has 0 fully saturated rings. The zero-order valence-corrected chi connectivity index (χ0v) is 28.8. The van der Waals surface area contributed by atoms with Crippen molar-refractivity contribution >= 4 is 20.2 Å². The Bertz CT molecular complexity index is 1610. The molecule has 0 aliphatic carbocycles. The van der Waals surface area contributed by atoms with Crippen LogP contribution in [0.3, 0.4) is 0 Å². The molecule has 0 amide bonds. The van der Waals surface area contributed by atoms with Gasteiger partial charge in [0.1, 0.15) is 0 Å². The minimum Gasteiger partial charge on any atom is -0.390 e. The second-order valence-electron chi connectivity index (χ2n) is 11.7. The number of nitrogens with one attached hydrogen (secondary N) is 1. The van der Waals surface area contributed by atoms with Crippen LogP contribution in [0, 0.1) is 13.8 Å². The van der Waals surface area contributed by atoms with Gasteiger partial charge in [-0.05, 0) is 69.5 Å². The molecule has 4 aromatic rings. The SMILES string of the molecule is CC(C)(COCc1ccccc1)NC[C@@H](O)[C@@H](N)Cc1ccccc1.Cc1ccc(S(=O)(=O)O)cc1.Cc1ccc(S(=O)(=O)O)cc1. The molecule has 2 atom stereocenters. The van der Waals surface area contributed by atoms with E-state index in [2.05, 4.69) is 19.2 Å². The Hall–Kier alpha value is -3.46. The second kappa shape index (κ2) is 18.8. The first-order valence-electron chi connectivity index (χ1n) is 14.9. The average molecular weight is 687 g/mol. The molecule has 4 rings (SSSR count). The predicted octanol–water partition coefficient (Wildman–Crippen LogP) is 4.99. The van der Waals surface area contributed by atoms with E-state index in [1.807, 2.05) is 74.5 Å². The summed E-state index contributed by atoms with van der Waals surface area (Å²) < 4.78 is 64.9. The van der Waals surface area contributed by atoms with Gasteiger partial charge in [0.2, 0.25) is 0 Å². The van der Waals surface area contributed by atoms with Gasteiger partial charge in [-0.1, -0.05) is 96.1 Å². The van der Waals surface area contributed by atoms with Crippen molar-refractivity contribution < 1.29 is 35.8 Å². The van der Waals surface area contributed by atoms with Crippen molar-refractivity contribution in [3.05, 3.63) is 131 Å². The van der Waals surface area contributed by atoms with Crippen LogP contribution in [0.1, 0.15) is 36.1 Å². The fourth-order valence-electron chi connectivity index (χ4n) is 4.02. The van der Waals surface area contributed by atoms with E-state index in [0.29, 0.717) is 26.2 Å². The van der Waals surface area contributed by atoms with Crippen molar-refractivity contribution in [1.82, 2.24) is 5.32 Å². The van der Waals surface area contributed by atoms with Crippen LogP contribution in [0.15, 0.2) is 119 Å². The van der Waals surface area contributed by atoms with Gasteiger partial charge in [-0.25, -0.2) is 0 Å². The topological polar surface area (TPSA) is 176 Å². The third-order valence-corrected chi connectivity index (χ3v) is 8.55. The highest BCUT2D eigenvalue weighted by Gasteiger charge is 2.22. The summed E-state index contributed by atoms with van der Waals surface area (Å²) in [7, 11) is -8.04. The molecule has 0 spiro atoms. The Morgan fingerprint density at radius 2 is 1.11 bits per heavy atom. The summed E-state index contributed by atoms with van der Waals surface area (Å²) in [6.07, 6.45) is 0.0582. The third kappa shape index (κ3) is 16.3. The first-order valence-corrected chi connectivity index (χ1v) is 17.8. The number of hydrogen-bond acceptors (Lipinski definition) is 8. The van der Waals surface area contributed by atoms with E-state index < -0.39 is 26.3 Å². The number of nitrogens with two attached hydrogens (primary N) is 1. The Morgan fingerprint density at radius 3 is 1.51 bits per heavy atom. The van der Waals surface area contributed by atoms with Gasteiger partial charge < -0.3 is 20.9 Å². The van der Waals surface area contributed by atoms with Gasteiger partial charge in [-0.3, -0.25) is 9.11 Å². The molecule has 12 heteroatoms. The first kappa shape index (κ1) is 39.7. The number of rotatable bonds is 12. The highest BCUT2D eigenvalue weighted by molar-refractivity contribution is 7.86. The fraction of sp³-hybridized carbons (Fsp3) is 0.314. The quantitative estimate of drug-likeness (QED) is 0.128. The summed E-state index contributed by atoms with van der Waals surface area (Å²) in [6, 6.07) is 31.8. The van der Waals surface area contributed by atoms with Crippen LogP contribution in [0.2, 0.25) is 0 Å². The molecular formula is C35H46N2O8S2. The highest BCUT2D eigenvalue weighted by atomic mass is 32.2. The molecule has 0 bridgehead atoms. The highest BCUT2D eigenvalue weighted by Crippen LogP contribution is 2.11. The number of aryl methyl sites for hydroxylation is 2. The van der Waals surface area contributed by atoms with E-state index >= 15 is 0 Å². The van der Waals surface area contributed by atoms with Crippen LogP contribution < -0.4 is 11.1 Å². The summed E-state index contributed by atoms with van der Waals surface area (Å²) in [5, 5.41) is 13.7. The van der Waals surface area contributed by atoms with Gasteiger partial charge in [-0.15, -0.1) is 0 Å². The van der Waals surface area contributed by atoms with Crippen LogP contribution in [0.25, 0.3) is 0 Å².